The van der Waals surface area contributed by atoms with E-state index in [2.05, 4.69) is 22.9 Å². The van der Waals surface area contributed by atoms with Gasteiger partial charge in [-0.15, -0.1) is 0 Å². The van der Waals surface area contributed by atoms with Crippen LogP contribution in [0.5, 0.6) is 0 Å². The molecule has 0 aliphatic heterocycles. The number of carbonyl (C=O) groups is 3. The number of carbonyl (C=O) groups excluding carboxylic acids is 3. The standard InChI is InChI=1S/C16H29N5O5/c1-10-6-15(10,20-11(2)22)9-18-7-12(26-3)19-8-13(23)21(25)16(4-5-16)14(17)24/h10,12,18-19,25H,4-9H2,1-3H3,(H2,17,24)(H,20,22). The zero-order valence-electron chi connectivity index (χ0n) is 15.5. The Hall–Kier alpha value is -1.75. The Bertz CT molecular complexity index is 567. The largest absolute Gasteiger partial charge is 0.368 e. The second-order valence-corrected chi connectivity index (χ2v) is 7.28. The van der Waals surface area contributed by atoms with Gasteiger partial charge in [0.15, 0.2) is 0 Å². The fourth-order valence-electron chi connectivity index (χ4n) is 3.16. The predicted octanol–water partition coefficient (Wildman–Crippen LogP) is -1.71. The molecule has 0 aromatic carbocycles. The molecule has 0 bridgehead atoms. The van der Waals surface area contributed by atoms with Crippen LogP contribution < -0.4 is 21.7 Å². The van der Waals surface area contributed by atoms with Crippen LogP contribution >= 0.6 is 0 Å². The van der Waals surface area contributed by atoms with Gasteiger partial charge in [0, 0.05) is 27.1 Å². The lowest BCUT2D eigenvalue weighted by Gasteiger charge is -2.25. The summed E-state index contributed by atoms with van der Waals surface area (Å²) >= 11 is 0. The van der Waals surface area contributed by atoms with E-state index in [9.17, 15) is 19.6 Å². The highest BCUT2D eigenvalue weighted by molar-refractivity contribution is 5.92. The summed E-state index contributed by atoms with van der Waals surface area (Å²) in [7, 11) is 1.50. The van der Waals surface area contributed by atoms with Gasteiger partial charge in [-0.3, -0.25) is 24.9 Å². The van der Waals surface area contributed by atoms with Gasteiger partial charge in [-0.1, -0.05) is 6.92 Å². The van der Waals surface area contributed by atoms with Crippen LogP contribution in [0.4, 0.5) is 0 Å². The minimum Gasteiger partial charge on any atom is -0.368 e. The number of methoxy groups -OCH3 is 1. The van der Waals surface area contributed by atoms with E-state index in [1.165, 1.54) is 14.0 Å². The number of primary amides is 1. The van der Waals surface area contributed by atoms with Crippen molar-refractivity contribution >= 4 is 17.7 Å². The van der Waals surface area contributed by atoms with Crippen LogP contribution in [-0.4, -0.2) is 72.0 Å². The number of nitrogens with one attached hydrogen (secondary N) is 3. The van der Waals surface area contributed by atoms with Gasteiger partial charge < -0.3 is 21.1 Å². The van der Waals surface area contributed by atoms with E-state index in [0.29, 0.717) is 36.9 Å². The second-order valence-electron chi connectivity index (χ2n) is 7.28. The van der Waals surface area contributed by atoms with Crippen LogP contribution in [0.25, 0.3) is 0 Å². The molecule has 148 valence electrons. The van der Waals surface area contributed by atoms with Gasteiger partial charge in [0.1, 0.15) is 11.8 Å². The molecule has 0 spiro atoms. The van der Waals surface area contributed by atoms with Crippen LogP contribution in [-0.2, 0) is 19.1 Å². The summed E-state index contributed by atoms with van der Waals surface area (Å²) < 4.78 is 5.27. The Balaban J connectivity index is 1.73. The quantitative estimate of drug-likeness (QED) is 0.165. The van der Waals surface area contributed by atoms with Crippen LogP contribution in [0.15, 0.2) is 0 Å². The van der Waals surface area contributed by atoms with Crippen LogP contribution in [0.3, 0.4) is 0 Å². The smallest absolute Gasteiger partial charge is 0.260 e. The van der Waals surface area contributed by atoms with Gasteiger partial charge in [0.05, 0.1) is 12.1 Å². The molecule has 10 heteroatoms. The third kappa shape index (κ3) is 4.50. The van der Waals surface area contributed by atoms with Crippen LogP contribution in [0.1, 0.15) is 33.1 Å². The number of ether oxygens (including phenoxy) is 1. The van der Waals surface area contributed by atoms with E-state index in [1.54, 1.807) is 0 Å². The Morgan fingerprint density at radius 3 is 2.42 bits per heavy atom. The van der Waals surface area contributed by atoms with Crippen molar-refractivity contribution in [2.24, 2.45) is 11.7 Å². The van der Waals surface area contributed by atoms with Gasteiger partial charge >= 0.3 is 0 Å². The minimum absolute atomic E-state index is 0.0605. The topological polar surface area (TPSA) is 146 Å². The third-order valence-corrected chi connectivity index (χ3v) is 5.24. The number of hydrogen-bond acceptors (Lipinski definition) is 7. The van der Waals surface area contributed by atoms with Crippen molar-refractivity contribution in [2.75, 3.05) is 26.7 Å². The lowest BCUT2D eigenvalue weighted by molar-refractivity contribution is -0.182. The van der Waals surface area contributed by atoms with Crippen LogP contribution in [0, 0.1) is 5.92 Å². The monoisotopic (exact) mass is 371 g/mol. The summed E-state index contributed by atoms with van der Waals surface area (Å²) in [6, 6.07) is 0. The molecule has 3 amide bonds. The molecule has 3 unspecified atom stereocenters. The molecule has 2 aliphatic carbocycles. The van der Waals surface area contributed by atoms with Crippen molar-refractivity contribution in [3.63, 3.8) is 0 Å². The maximum absolute atomic E-state index is 12.0. The first-order valence-corrected chi connectivity index (χ1v) is 8.74. The molecule has 2 fully saturated rings. The second kappa shape index (κ2) is 7.87. The van der Waals surface area contributed by atoms with Crippen molar-refractivity contribution in [3.8, 4) is 0 Å². The molecule has 6 N–H and O–H groups in total. The molecule has 10 nitrogen and oxygen atoms in total. The number of amides is 3. The summed E-state index contributed by atoms with van der Waals surface area (Å²) in [5.74, 6) is -1.01. The fourth-order valence-corrected chi connectivity index (χ4v) is 3.16. The van der Waals surface area contributed by atoms with Crippen molar-refractivity contribution in [1.29, 1.82) is 0 Å². The molecule has 2 aliphatic rings. The first kappa shape index (κ1) is 20.6. The lowest BCUT2D eigenvalue weighted by Crippen LogP contribution is -2.53. The Morgan fingerprint density at radius 2 is 2.00 bits per heavy atom. The van der Waals surface area contributed by atoms with E-state index >= 15 is 0 Å². The number of hydrogen-bond donors (Lipinski definition) is 5. The molecule has 2 saturated carbocycles. The van der Waals surface area contributed by atoms with Crippen LogP contribution in [0.2, 0.25) is 0 Å². The number of hydroxylamine groups is 2. The van der Waals surface area contributed by atoms with E-state index in [0.717, 1.165) is 6.42 Å². The normalized spacial score (nSPS) is 26.7. The van der Waals surface area contributed by atoms with E-state index < -0.39 is 23.6 Å². The lowest BCUT2D eigenvalue weighted by atomic mass is 10.2. The summed E-state index contributed by atoms with van der Waals surface area (Å²) in [4.78, 5) is 34.7. The highest BCUT2D eigenvalue weighted by Crippen LogP contribution is 2.42. The average molecular weight is 371 g/mol. The Labute approximate surface area is 152 Å². The molecule has 0 saturated heterocycles. The zero-order chi connectivity index (χ0) is 19.5. The predicted molar refractivity (Wildman–Crippen MR) is 91.8 cm³/mol. The van der Waals surface area contributed by atoms with Crippen molar-refractivity contribution in [2.45, 2.75) is 50.4 Å². The summed E-state index contributed by atoms with van der Waals surface area (Å²) in [6.07, 6.45) is 1.17. The zero-order valence-corrected chi connectivity index (χ0v) is 15.5. The van der Waals surface area contributed by atoms with E-state index in [-0.39, 0.29) is 18.0 Å². The molecular weight excluding hydrogens is 342 g/mol. The number of nitrogens with zero attached hydrogens (tertiary/aromatic N) is 1. The first-order chi connectivity index (χ1) is 12.2. The highest BCUT2D eigenvalue weighted by atomic mass is 16.5. The van der Waals surface area contributed by atoms with Crippen molar-refractivity contribution in [1.82, 2.24) is 21.0 Å². The molecule has 0 heterocycles. The number of rotatable bonds is 11. The molecule has 26 heavy (non-hydrogen) atoms. The van der Waals surface area contributed by atoms with Crippen molar-refractivity contribution < 1.29 is 24.3 Å². The van der Waals surface area contributed by atoms with Gasteiger partial charge in [0.2, 0.25) is 11.8 Å². The number of nitrogens with two attached hydrogens (primary N) is 1. The summed E-state index contributed by atoms with van der Waals surface area (Å²) in [6.45, 7) is 4.38. The third-order valence-electron chi connectivity index (χ3n) is 5.24. The van der Waals surface area contributed by atoms with Gasteiger partial charge in [-0.05, 0) is 25.2 Å². The SMILES string of the molecule is COC(CNCC1(NC(C)=O)CC1C)NCC(=O)N(O)C1(C(N)=O)CC1. The molecule has 3 atom stereocenters. The molecule has 0 aromatic rings. The minimum atomic E-state index is -1.26. The Morgan fingerprint density at radius 1 is 1.38 bits per heavy atom. The molecular formula is C16H29N5O5. The Kier molecular flexibility index (Phi) is 6.22. The van der Waals surface area contributed by atoms with E-state index in [1.807, 2.05) is 0 Å². The van der Waals surface area contributed by atoms with Gasteiger partial charge in [-0.2, -0.15) is 0 Å². The van der Waals surface area contributed by atoms with Gasteiger partial charge in [-0.25, -0.2) is 5.06 Å². The molecule has 0 radical (unpaired) electrons. The first-order valence-electron chi connectivity index (χ1n) is 8.74. The highest BCUT2D eigenvalue weighted by Gasteiger charge is 2.56. The summed E-state index contributed by atoms with van der Waals surface area (Å²) in [5.41, 5.74) is 3.76. The maximum atomic E-state index is 12.0. The molecule has 0 aromatic heterocycles. The summed E-state index contributed by atoms with van der Waals surface area (Å²) in [5, 5.41) is 19.4. The maximum Gasteiger partial charge on any atom is 0.260 e. The molecule has 2 rings (SSSR count). The average Bonchev–Trinajstić information content (AvgIpc) is 3.47. The van der Waals surface area contributed by atoms with E-state index in [4.69, 9.17) is 10.5 Å². The fraction of sp³-hybridized carbons (Fsp3) is 0.812. The van der Waals surface area contributed by atoms with Gasteiger partial charge in [0.25, 0.3) is 5.91 Å². The van der Waals surface area contributed by atoms with Crippen molar-refractivity contribution in [3.05, 3.63) is 0 Å².